The molecule has 5 nitrogen and oxygen atoms in total. The van der Waals surface area contributed by atoms with Crippen LogP contribution in [0.1, 0.15) is 123 Å². The number of nitrogens with zero attached hydrogens (tertiary/aromatic N) is 2. The zero-order valence-electron chi connectivity index (χ0n) is 79.3. The van der Waals surface area contributed by atoms with E-state index in [1.807, 2.05) is 105 Å². The van der Waals surface area contributed by atoms with Gasteiger partial charge in [0, 0.05) is 95.9 Å². The molecule has 0 aliphatic heterocycles. The normalized spacial score (nSPS) is 10.6. The van der Waals surface area contributed by atoms with Crippen LogP contribution in [0, 0.1) is 152 Å². The number of rotatable bonds is 1. The highest BCUT2D eigenvalue weighted by Crippen LogP contribution is 2.39. The summed E-state index contributed by atoms with van der Waals surface area (Å²) in [5.74, 6) is 0. The molecule has 15 aromatic carbocycles. The molecule has 0 N–H and O–H groups in total. The lowest BCUT2D eigenvalue weighted by Crippen LogP contribution is -1.81. The van der Waals surface area contributed by atoms with Crippen LogP contribution in [-0.4, -0.2) is 9.97 Å². The number of furan rings is 3. The van der Waals surface area contributed by atoms with Crippen LogP contribution in [0.3, 0.4) is 0 Å². The van der Waals surface area contributed by atoms with Crippen LogP contribution in [0.15, 0.2) is 353 Å². The molecule has 7 heteroatoms. The van der Waals surface area contributed by atoms with Crippen LogP contribution >= 0.6 is 22.7 Å². The first kappa shape index (κ1) is 94.6. The number of thiophene rings is 2. The van der Waals surface area contributed by atoms with Gasteiger partial charge >= 0.3 is 0 Å². The van der Waals surface area contributed by atoms with Gasteiger partial charge in [-0.1, -0.05) is 303 Å². The topological polar surface area (TPSA) is 65.2 Å². The molecule has 0 amide bonds. The number of fused-ring (bicyclic) bond motifs is 15. The Morgan fingerprint density at radius 1 is 0.186 bits per heavy atom. The molecule has 0 radical (unpaired) electrons. The van der Waals surface area contributed by atoms with Crippen molar-refractivity contribution in [1.82, 2.24) is 9.97 Å². The Hall–Kier alpha value is -13.6. The van der Waals surface area contributed by atoms with Gasteiger partial charge in [-0.15, -0.1) is 22.7 Å². The lowest BCUT2D eigenvalue weighted by atomic mass is 10.0. The first-order valence-electron chi connectivity index (χ1n) is 44.4. The summed E-state index contributed by atoms with van der Waals surface area (Å²) in [6, 6.07) is 117. The fraction of sp³-hybridized carbons (Fsp3) is 0.180. The van der Waals surface area contributed by atoms with Gasteiger partial charge in [0.25, 0.3) is 0 Å². The molecular weight excluding hydrogens is 1610 g/mol. The number of hydrogen-bond acceptors (Lipinski definition) is 7. The molecule has 0 saturated heterocycles. The number of para-hydroxylation sites is 2. The minimum Gasteiger partial charge on any atom is -0.456 e. The second kappa shape index (κ2) is 44.7. The number of hydrogen-bond donors (Lipinski definition) is 0. The Morgan fingerprint density at radius 2 is 0.481 bits per heavy atom. The summed E-state index contributed by atoms with van der Waals surface area (Å²) in [4.78, 5) is 8.25. The average Bonchev–Trinajstić information content (AvgIpc) is 1.66. The zero-order chi connectivity index (χ0) is 92.0. The summed E-state index contributed by atoms with van der Waals surface area (Å²) in [5.41, 5.74) is 36.5. The summed E-state index contributed by atoms with van der Waals surface area (Å²) in [5, 5.41) is 12.9. The van der Waals surface area contributed by atoms with Gasteiger partial charge in [-0.3, -0.25) is 9.97 Å². The number of aromatic nitrogens is 2. The molecule has 0 unspecified atom stereocenters. The minimum atomic E-state index is 0.973. The van der Waals surface area contributed by atoms with Gasteiger partial charge in [-0.25, -0.2) is 0 Å². The summed E-state index contributed by atoms with van der Waals surface area (Å²) in [6.07, 6.45) is 1.87. The summed E-state index contributed by atoms with van der Waals surface area (Å²) in [7, 11) is 0. The van der Waals surface area contributed by atoms with Crippen molar-refractivity contribution in [3.05, 3.63) is 463 Å². The molecule has 0 saturated carbocycles. The Balaban J connectivity index is 0.000000130. The van der Waals surface area contributed by atoms with E-state index in [0.29, 0.717) is 0 Å². The van der Waals surface area contributed by atoms with Crippen molar-refractivity contribution in [3.63, 3.8) is 0 Å². The van der Waals surface area contributed by atoms with E-state index >= 15 is 0 Å². The molecule has 7 heterocycles. The third-order valence-corrected chi connectivity index (χ3v) is 24.9. The molecule has 22 rings (SSSR count). The van der Waals surface area contributed by atoms with Gasteiger partial charge in [0.2, 0.25) is 0 Å². The lowest BCUT2D eigenvalue weighted by molar-refractivity contribution is 0.665. The standard InChI is InChI=1S/3C14H12O.2C14H12S.C14H14.3C8H10.2C7H9N/c1-9-3-5-13-11(7-9)12-8-10(2)4-6-14(12)15-13;2*1-9-6-7-13-12(8-9)11-5-3-4-10(2)14(11)15-13;1-9-3-5-13-11(7-9)12-8-10(2)4-6-14(12)15-13;1-9-6-7-13-12(8-9)11-5-3-4-10(2)14(11)15-13;1-11-5-3-7-13(9-11)14-8-4-6-12(2)10-14;1-7-3-5-8(2)6-4-7;1-7-4-3-5-8(2)6-7;1-7-5-3-4-6-8(7)2;1-6-3-4-7(2)8-5-6;1-6-4-3-5-7(2)8-6/h5*3-8H,1-2H3;3-10H,1-2H3;3*3-6H,1-2H3;2*3-5H,1-2H3. The van der Waals surface area contributed by atoms with E-state index in [1.165, 1.54) is 189 Å². The molecule has 0 atom stereocenters. The molecule has 650 valence electrons. The summed E-state index contributed by atoms with van der Waals surface area (Å²) < 4.78 is 23.0. The molecule has 0 bridgehead atoms. The van der Waals surface area contributed by atoms with Crippen LogP contribution in [0.5, 0.6) is 0 Å². The fourth-order valence-corrected chi connectivity index (χ4v) is 17.4. The van der Waals surface area contributed by atoms with Crippen molar-refractivity contribution < 1.29 is 13.3 Å². The van der Waals surface area contributed by atoms with Gasteiger partial charge in [-0.2, -0.15) is 0 Å². The molecule has 0 spiro atoms. The largest absolute Gasteiger partial charge is 0.456 e. The predicted molar refractivity (Wildman–Crippen MR) is 564 cm³/mol. The highest BCUT2D eigenvalue weighted by Gasteiger charge is 2.13. The highest BCUT2D eigenvalue weighted by molar-refractivity contribution is 7.26. The Labute approximate surface area is 772 Å². The third kappa shape index (κ3) is 26.3. The maximum atomic E-state index is 5.84. The smallest absolute Gasteiger partial charge is 0.138 e. The molecule has 7 aromatic heterocycles. The Kier molecular flexibility index (Phi) is 32.8. The van der Waals surface area contributed by atoms with Gasteiger partial charge in [0.05, 0.1) is 0 Å². The number of pyridine rings is 2. The van der Waals surface area contributed by atoms with Crippen molar-refractivity contribution in [2.24, 2.45) is 0 Å². The van der Waals surface area contributed by atoms with Crippen molar-refractivity contribution in [1.29, 1.82) is 0 Å². The Bertz CT molecular complexity index is 6730. The zero-order valence-corrected chi connectivity index (χ0v) is 80.9. The van der Waals surface area contributed by atoms with E-state index < -0.39 is 0 Å². The van der Waals surface area contributed by atoms with Gasteiger partial charge < -0.3 is 13.3 Å². The third-order valence-electron chi connectivity index (χ3n) is 22.4. The second-order valence-electron chi connectivity index (χ2n) is 34.4. The van der Waals surface area contributed by atoms with E-state index in [0.717, 1.165) is 50.6 Å². The van der Waals surface area contributed by atoms with Gasteiger partial charge in [-0.05, 0) is 300 Å². The molecule has 0 aliphatic carbocycles. The van der Waals surface area contributed by atoms with Crippen molar-refractivity contribution in [2.75, 3.05) is 0 Å². The van der Waals surface area contributed by atoms with E-state index in [4.69, 9.17) is 13.3 Å². The summed E-state index contributed by atoms with van der Waals surface area (Å²) >= 11 is 3.78. The number of aryl methyl sites for hydroxylation is 22. The van der Waals surface area contributed by atoms with Crippen LogP contribution in [-0.2, 0) is 0 Å². The first-order valence-corrected chi connectivity index (χ1v) is 46.1. The van der Waals surface area contributed by atoms with Crippen LogP contribution < -0.4 is 0 Å². The quantitative estimate of drug-likeness (QED) is 0.164. The SMILES string of the molecule is Cc1ccc(C)cc1.Cc1ccc(C)nc1.Cc1ccc2oc3c(C)cccc3c2c1.Cc1ccc2oc3c(C)cccc3c2c1.Cc1ccc2oc3ccc(C)cc3c2c1.Cc1ccc2sc3c(C)cccc3c2c1.Cc1ccc2sc3ccc(C)cc3c2c1.Cc1cccc(-c2cccc(C)c2)c1.Cc1cccc(C)c1.Cc1cccc(C)n1.Cc1ccccc1C. The average molecular weight is 1730 g/mol. The predicted octanol–water partition coefficient (Wildman–Crippen LogP) is 36.2. The minimum absolute atomic E-state index is 0.973. The highest BCUT2D eigenvalue weighted by atomic mass is 32.1. The van der Waals surface area contributed by atoms with Crippen molar-refractivity contribution in [3.8, 4) is 11.1 Å². The molecular formula is C122H122N2O3S2. The van der Waals surface area contributed by atoms with E-state index in [-0.39, 0.29) is 0 Å². The summed E-state index contributed by atoms with van der Waals surface area (Å²) in [6.45, 7) is 46.1. The molecule has 129 heavy (non-hydrogen) atoms. The molecule has 0 fully saturated rings. The maximum Gasteiger partial charge on any atom is 0.138 e. The lowest BCUT2D eigenvalue weighted by Gasteiger charge is -2.03. The molecule has 0 aliphatic rings. The fourth-order valence-electron chi connectivity index (χ4n) is 15.1. The van der Waals surface area contributed by atoms with E-state index in [1.54, 1.807) is 0 Å². The van der Waals surface area contributed by atoms with E-state index in [9.17, 15) is 0 Å². The van der Waals surface area contributed by atoms with E-state index in [2.05, 4.69) is 420 Å². The second-order valence-corrected chi connectivity index (χ2v) is 36.5. The Morgan fingerprint density at radius 3 is 0.829 bits per heavy atom. The monoisotopic (exact) mass is 1730 g/mol. The van der Waals surface area contributed by atoms with Crippen LogP contribution in [0.25, 0.3) is 117 Å². The van der Waals surface area contributed by atoms with Gasteiger partial charge in [0.15, 0.2) is 0 Å². The van der Waals surface area contributed by atoms with Crippen LogP contribution in [0.4, 0.5) is 0 Å². The first-order chi connectivity index (χ1) is 61.9. The van der Waals surface area contributed by atoms with Crippen molar-refractivity contribution >= 4 is 129 Å². The van der Waals surface area contributed by atoms with Gasteiger partial charge in [0.1, 0.15) is 33.5 Å². The van der Waals surface area contributed by atoms with Crippen molar-refractivity contribution in [2.45, 2.75) is 152 Å². The maximum absolute atomic E-state index is 5.84. The molecule has 22 aromatic rings. The number of benzene rings is 15. The van der Waals surface area contributed by atoms with Crippen LogP contribution in [0.2, 0.25) is 0 Å².